The van der Waals surface area contributed by atoms with Crippen LogP contribution in [0.15, 0.2) is 47.5 Å². The van der Waals surface area contributed by atoms with Crippen LogP contribution in [0.25, 0.3) is 0 Å². The molecule has 0 atom stereocenters. The quantitative estimate of drug-likeness (QED) is 0.575. The second-order valence-corrected chi connectivity index (χ2v) is 6.57. The van der Waals surface area contributed by atoms with Crippen LogP contribution in [0.4, 0.5) is 4.39 Å². The van der Waals surface area contributed by atoms with Crippen molar-refractivity contribution in [1.82, 2.24) is 10.6 Å². The Bertz CT molecular complexity index is 781. The number of rotatable bonds is 7. The van der Waals surface area contributed by atoms with Crippen molar-refractivity contribution in [2.75, 3.05) is 12.8 Å². The molecule has 0 saturated heterocycles. The fourth-order valence-electron chi connectivity index (χ4n) is 2.43. The first-order chi connectivity index (χ1) is 12.7. The van der Waals surface area contributed by atoms with Gasteiger partial charge in [0.25, 0.3) is 0 Å². The monoisotopic (exact) mass is 370 g/mol. The van der Waals surface area contributed by atoms with Crippen molar-refractivity contribution < 1.29 is 4.39 Å². The largest absolute Gasteiger partial charge is 0.357 e. The summed E-state index contributed by atoms with van der Waals surface area (Å²) in [5, 5.41) is 15.4. The van der Waals surface area contributed by atoms with Crippen LogP contribution >= 0.6 is 11.8 Å². The summed E-state index contributed by atoms with van der Waals surface area (Å²) < 4.78 is 13.5. The molecule has 2 aromatic rings. The van der Waals surface area contributed by atoms with Gasteiger partial charge in [-0.2, -0.15) is 17.0 Å². The van der Waals surface area contributed by atoms with Crippen molar-refractivity contribution >= 4 is 17.7 Å². The van der Waals surface area contributed by atoms with E-state index in [0.29, 0.717) is 24.6 Å². The zero-order valence-electron chi connectivity index (χ0n) is 15.1. The average molecular weight is 370 g/mol. The molecule has 0 spiro atoms. The van der Waals surface area contributed by atoms with Crippen LogP contribution in [0, 0.1) is 17.1 Å². The SMILES string of the molecule is CCNC(=NCc1ccc(C#N)cc1)NCc1ccc(F)cc1CSC. The van der Waals surface area contributed by atoms with E-state index in [-0.39, 0.29) is 5.82 Å². The minimum absolute atomic E-state index is 0.209. The molecule has 26 heavy (non-hydrogen) atoms. The summed E-state index contributed by atoms with van der Waals surface area (Å²) in [6.07, 6.45) is 2.01. The highest BCUT2D eigenvalue weighted by Crippen LogP contribution is 2.16. The first-order valence-corrected chi connectivity index (χ1v) is 9.83. The van der Waals surface area contributed by atoms with Crippen molar-refractivity contribution in [3.8, 4) is 6.07 Å². The lowest BCUT2D eigenvalue weighted by Gasteiger charge is -2.14. The van der Waals surface area contributed by atoms with Crippen molar-refractivity contribution in [3.05, 3.63) is 70.5 Å². The summed E-state index contributed by atoms with van der Waals surface area (Å²) in [6.45, 7) is 3.85. The fraction of sp³-hybridized carbons (Fsp3) is 0.300. The van der Waals surface area contributed by atoms with Gasteiger partial charge in [0.2, 0.25) is 0 Å². The molecule has 0 aliphatic rings. The second kappa shape index (κ2) is 10.5. The molecule has 2 rings (SSSR count). The molecule has 0 saturated carbocycles. The molecule has 0 aliphatic carbocycles. The maximum Gasteiger partial charge on any atom is 0.191 e. The zero-order valence-corrected chi connectivity index (χ0v) is 15.9. The number of halogens is 1. The Morgan fingerprint density at radius 1 is 1.15 bits per heavy atom. The summed E-state index contributed by atoms with van der Waals surface area (Å²) in [4.78, 5) is 4.58. The van der Waals surface area contributed by atoms with E-state index in [2.05, 4.69) is 21.7 Å². The van der Waals surface area contributed by atoms with Crippen LogP contribution in [0.3, 0.4) is 0 Å². The van der Waals surface area contributed by atoms with Gasteiger partial charge in [0.05, 0.1) is 18.2 Å². The van der Waals surface area contributed by atoms with Gasteiger partial charge in [0.15, 0.2) is 5.96 Å². The molecule has 6 heteroatoms. The molecule has 0 aromatic heterocycles. The van der Waals surface area contributed by atoms with Gasteiger partial charge < -0.3 is 10.6 Å². The molecule has 0 fully saturated rings. The second-order valence-electron chi connectivity index (χ2n) is 5.70. The number of hydrogen-bond donors (Lipinski definition) is 2. The van der Waals surface area contributed by atoms with Crippen molar-refractivity contribution in [3.63, 3.8) is 0 Å². The fourth-order valence-corrected chi connectivity index (χ4v) is 3.01. The number of aliphatic imine (C=N–C) groups is 1. The van der Waals surface area contributed by atoms with E-state index in [9.17, 15) is 4.39 Å². The summed E-state index contributed by atoms with van der Waals surface area (Å²) in [7, 11) is 0. The van der Waals surface area contributed by atoms with Gasteiger partial charge in [-0.05, 0) is 54.1 Å². The summed E-state index contributed by atoms with van der Waals surface area (Å²) >= 11 is 1.67. The Morgan fingerprint density at radius 3 is 2.58 bits per heavy atom. The third-order valence-corrected chi connectivity index (χ3v) is 4.36. The lowest BCUT2D eigenvalue weighted by molar-refractivity contribution is 0.625. The average Bonchev–Trinajstić information content (AvgIpc) is 2.66. The molecule has 0 aliphatic heterocycles. The van der Waals surface area contributed by atoms with Gasteiger partial charge in [-0.25, -0.2) is 9.38 Å². The van der Waals surface area contributed by atoms with Crippen LogP contribution in [0.1, 0.15) is 29.2 Å². The van der Waals surface area contributed by atoms with Crippen molar-refractivity contribution in [2.45, 2.75) is 25.8 Å². The maximum absolute atomic E-state index is 13.5. The van der Waals surface area contributed by atoms with Gasteiger partial charge in [0, 0.05) is 18.8 Å². The number of hydrogen-bond acceptors (Lipinski definition) is 3. The Labute approximate surface area is 158 Å². The molecule has 136 valence electrons. The van der Waals surface area contributed by atoms with E-state index < -0.39 is 0 Å². The molecule has 2 aromatic carbocycles. The Hall–Kier alpha value is -2.52. The summed E-state index contributed by atoms with van der Waals surface area (Å²) in [5.41, 5.74) is 3.73. The van der Waals surface area contributed by atoms with Gasteiger partial charge >= 0.3 is 0 Å². The Balaban J connectivity index is 2.04. The van der Waals surface area contributed by atoms with Crippen LogP contribution < -0.4 is 10.6 Å². The number of guanidine groups is 1. The smallest absolute Gasteiger partial charge is 0.191 e. The summed E-state index contributed by atoms with van der Waals surface area (Å²) in [5.74, 6) is 1.27. The third-order valence-electron chi connectivity index (χ3n) is 3.76. The minimum Gasteiger partial charge on any atom is -0.357 e. The van der Waals surface area contributed by atoms with Gasteiger partial charge in [-0.1, -0.05) is 18.2 Å². The molecular formula is C20H23FN4S. The van der Waals surface area contributed by atoms with Crippen molar-refractivity contribution in [1.29, 1.82) is 5.26 Å². The van der Waals surface area contributed by atoms with Gasteiger partial charge in [0.1, 0.15) is 5.82 Å². The lowest BCUT2D eigenvalue weighted by Crippen LogP contribution is -2.37. The molecule has 0 heterocycles. The Kier molecular flexibility index (Phi) is 7.97. The maximum atomic E-state index is 13.5. The highest BCUT2D eigenvalue weighted by atomic mass is 32.2. The van der Waals surface area contributed by atoms with E-state index >= 15 is 0 Å². The van der Waals surface area contributed by atoms with Crippen LogP contribution in [-0.2, 0) is 18.8 Å². The van der Waals surface area contributed by atoms with E-state index in [4.69, 9.17) is 5.26 Å². The highest BCUT2D eigenvalue weighted by molar-refractivity contribution is 7.97. The molecule has 0 amide bonds. The van der Waals surface area contributed by atoms with E-state index in [1.165, 1.54) is 6.07 Å². The minimum atomic E-state index is -0.209. The molecule has 0 radical (unpaired) electrons. The zero-order chi connectivity index (χ0) is 18.8. The van der Waals surface area contributed by atoms with Crippen molar-refractivity contribution in [2.24, 2.45) is 4.99 Å². The topological polar surface area (TPSA) is 60.2 Å². The number of nitrogens with zero attached hydrogens (tertiary/aromatic N) is 2. The first kappa shape index (κ1) is 19.8. The number of nitriles is 1. The predicted octanol–water partition coefficient (Wildman–Crippen LogP) is 3.82. The summed E-state index contributed by atoms with van der Waals surface area (Å²) in [6, 6.07) is 14.4. The van der Waals surface area contributed by atoms with E-state index in [0.717, 1.165) is 29.0 Å². The van der Waals surface area contributed by atoms with E-state index in [1.54, 1.807) is 30.0 Å². The number of benzene rings is 2. The van der Waals surface area contributed by atoms with Gasteiger partial charge in [-0.3, -0.25) is 0 Å². The molecule has 2 N–H and O–H groups in total. The van der Waals surface area contributed by atoms with Crippen LogP contribution in [0.5, 0.6) is 0 Å². The third kappa shape index (κ3) is 6.08. The molecule has 0 unspecified atom stereocenters. The normalized spacial score (nSPS) is 11.1. The number of thioether (sulfide) groups is 1. The number of nitrogens with one attached hydrogen (secondary N) is 2. The van der Waals surface area contributed by atoms with Crippen LogP contribution in [0.2, 0.25) is 0 Å². The standard InChI is InChI=1S/C20H23FN4S/c1-3-23-20(24-12-16-6-4-15(11-22)5-7-16)25-13-17-8-9-19(21)10-18(17)14-26-2/h4-10H,3,12-14H2,1-2H3,(H2,23,24,25). The molecule has 0 bridgehead atoms. The first-order valence-electron chi connectivity index (χ1n) is 8.43. The highest BCUT2D eigenvalue weighted by Gasteiger charge is 2.05. The predicted molar refractivity (Wildman–Crippen MR) is 106 cm³/mol. The van der Waals surface area contributed by atoms with E-state index in [1.807, 2.05) is 31.4 Å². The Morgan fingerprint density at radius 2 is 1.92 bits per heavy atom. The van der Waals surface area contributed by atoms with Crippen LogP contribution in [-0.4, -0.2) is 18.8 Å². The molecule has 4 nitrogen and oxygen atoms in total. The molecular weight excluding hydrogens is 347 g/mol. The lowest BCUT2D eigenvalue weighted by atomic mass is 10.1. The van der Waals surface area contributed by atoms with Gasteiger partial charge in [-0.15, -0.1) is 0 Å².